The number of carbonyl (C=O) groups excluding carboxylic acids is 1. The molecule has 1 aromatic heterocycles. The van der Waals surface area contributed by atoms with Crippen molar-refractivity contribution < 1.29 is 9.21 Å². The zero-order valence-corrected chi connectivity index (χ0v) is 12.5. The van der Waals surface area contributed by atoms with Gasteiger partial charge in [-0.05, 0) is 44.7 Å². The fourth-order valence-electron chi connectivity index (χ4n) is 2.87. The Labute approximate surface area is 124 Å². The van der Waals surface area contributed by atoms with Crippen molar-refractivity contribution in [1.29, 1.82) is 0 Å². The molecule has 1 aromatic rings. The van der Waals surface area contributed by atoms with Gasteiger partial charge in [0.1, 0.15) is 0 Å². The van der Waals surface area contributed by atoms with E-state index < -0.39 is 0 Å². The zero-order valence-electron chi connectivity index (χ0n) is 12.5. The third-order valence-corrected chi connectivity index (χ3v) is 4.13. The molecule has 0 atom stereocenters. The summed E-state index contributed by atoms with van der Waals surface area (Å²) in [5.41, 5.74) is 0. The predicted molar refractivity (Wildman–Crippen MR) is 77.9 cm³/mol. The van der Waals surface area contributed by atoms with Crippen LogP contribution in [0.5, 0.6) is 0 Å². The molecule has 0 bridgehead atoms. The molecule has 1 saturated heterocycles. The van der Waals surface area contributed by atoms with Crippen LogP contribution in [0.1, 0.15) is 31.6 Å². The first-order valence-electron chi connectivity index (χ1n) is 7.75. The van der Waals surface area contributed by atoms with Gasteiger partial charge in [0.15, 0.2) is 0 Å². The average molecular weight is 293 g/mol. The van der Waals surface area contributed by atoms with E-state index in [9.17, 15) is 4.79 Å². The van der Waals surface area contributed by atoms with Gasteiger partial charge in [-0.2, -0.15) is 0 Å². The van der Waals surface area contributed by atoms with E-state index in [0.717, 1.165) is 19.6 Å². The Bertz CT molecular complexity index is 479. The van der Waals surface area contributed by atoms with Crippen LogP contribution >= 0.6 is 0 Å². The molecule has 3 rings (SSSR count). The Balaban J connectivity index is 1.50. The maximum absolute atomic E-state index is 12.1. The summed E-state index contributed by atoms with van der Waals surface area (Å²) in [7, 11) is 0. The van der Waals surface area contributed by atoms with Gasteiger partial charge < -0.3 is 9.73 Å². The molecule has 0 radical (unpaired) electrons. The van der Waals surface area contributed by atoms with E-state index in [1.807, 2.05) is 0 Å². The quantitative estimate of drug-likeness (QED) is 0.806. The molecular formula is C14H23N5O2. The van der Waals surface area contributed by atoms with Crippen molar-refractivity contribution in [2.45, 2.75) is 38.6 Å². The SMILES string of the molecule is Cc1nnc(NC(=O)CN(CC2CCNCC2)C2CC2)o1. The minimum absolute atomic E-state index is 0.0699. The molecule has 1 aliphatic heterocycles. The van der Waals surface area contributed by atoms with Crippen LogP contribution in [0.4, 0.5) is 6.01 Å². The van der Waals surface area contributed by atoms with Crippen LogP contribution in [-0.2, 0) is 4.79 Å². The third-order valence-electron chi connectivity index (χ3n) is 4.13. The highest BCUT2D eigenvalue weighted by molar-refractivity contribution is 5.90. The summed E-state index contributed by atoms with van der Waals surface area (Å²) in [6, 6.07) is 0.769. The summed E-state index contributed by atoms with van der Waals surface area (Å²) >= 11 is 0. The number of amides is 1. The number of rotatable bonds is 6. The van der Waals surface area contributed by atoms with Crippen molar-refractivity contribution in [2.75, 3.05) is 31.5 Å². The lowest BCUT2D eigenvalue weighted by Crippen LogP contribution is -2.41. The first-order valence-corrected chi connectivity index (χ1v) is 7.75. The smallest absolute Gasteiger partial charge is 0.322 e. The number of nitrogens with one attached hydrogen (secondary N) is 2. The predicted octanol–water partition coefficient (Wildman–Crippen LogP) is 0.781. The number of aryl methyl sites for hydroxylation is 1. The average Bonchev–Trinajstić information content (AvgIpc) is 3.23. The highest BCUT2D eigenvalue weighted by atomic mass is 16.4. The molecule has 2 fully saturated rings. The first-order chi connectivity index (χ1) is 10.2. The first kappa shape index (κ1) is 14.5. The molecule has 7 heteroatoms. The molecule has 116 valence electrons. The number of carbonyl (C=O) groups is 1. The van der Waals surface area contributed by atoms with Crippen LogP contribution < -0.4 is 10.6 Å². The second kappa shape index (κ2) is 6.53. The molecule has 1 saturated carbocycles. The van der Waals surface area contributed by atoms with Crippen LogP contribution in [0.2, 0.25) is 0 Å². The Hall–Kier alpha value is -1.47. The molecule has 7 nitrogen and oxygen atoms in total. The number of anilines is 1. The van der Waals surface area contributed by atoms with E-state index in [1.165, 1.54) is 25.7 Å². The maximum Gasteiger partial charge on any atom is 0.322 e. The molecule has 21 heavy (non-hydrogen) atoms. The van der Waals surface area contributed by atoms with Gasteiger partial charge in [0.25, 0.3) is 0 Å². The van der Waals surface area contributed by atoms with Crippen molar-refractivity contribution >= 4 is 11.9 Å². The van der Waals surface area contributed by atoms with E-state index in [-0.39, 0.29) is 11.9 Å². The second-order valence-corrected chi connectivity index (χ2v) is 6.03. The number of hydrogen-bond acceptors (Lipinski definition) is 6. The van der Waals surface area contributed by atoms with Crippen molar-refractivity contribution in [3.8, 4) is 0 Å². The van der Waals surface area contributed by atoms with Crippen LogP contribution in [0.3, 0.4) is 0 Å². The number of nitrogens with zero attached hydrogens (tertiary/aromatic N) is 3. The van der Waals surface area contributed by atoms with Gasteiger partial charge in [0.05, 0.1) is 6.54 Å². The summed E-state index contributed by atoms with van der Waals surface area (Å²) < 4.78 is 5.18. The van der Waals surface area contributed by atoms with Crippen molar-refractivity contribution in [1.82, 2.24) is 20.4 Å². The highest BCUT2D eigenvalue weighted by Gasteiger charge is 2.32. The molecule has 2 heterocycles. The lowest BCUT2D eigenvalue weighted by molar-refractivity contribution is -0.117. The molecule has 1 aliphatic carbocycles. The van der Waals surface area contributed by atoms with Gasteiger partial charge >= 0.3 is 6.01 Å². The summed E-state index contributed by atoms with van der Waals surface area (Å²) in [5.74, 6) is 1.09. The van der Waals surface area contributed by atoms with E-state index in [4.69, 9.17) is 4.42 Å². The fourth-order valence-corrected chi connectivity index (χ4v) is 2.87. The van der Waals surface area contributed by atoms with Crippen LogP contribution in [0.15, 0.2) is 4.42 Å². The summed E-state index contributed by atoms with van der Waals surface area (Å²) in [6.45, 7) is 5.32. The van der Waals surface area contributed by atoms with Gasteiger partial charge in [0, 0.05) is 19.5 Å². The van der Waals surface area contributed by atoms with E-state index >= 15 is 0 Å². The minimum Gasteiger partial charge on any atom is -0.408 e. The number of hydrogen-bond donors (Lipinski definition) is 2. The van der Waals surface area contributed by atoms with Gasteiger partial charge in [-0.3, -0.25) is 15.0 Å². The molecule has 1 amide bonds. The fraction of sp³-hybridized carbons (Fsp3) is 0.786. The van der Waals surface area contributed by atoms with Crippen LogP contribution in [-0.4, -0.2) is 53.2 Å². The molecule has 0 unspecified atom stereocenters. The van der Waals surface area contributed by atoms with Crippen molar-refractivity contribution in [3.05, 3.63) is 5.89 Å². The normalized spacial score (nSPS) is 19.9. The Kier molecular flexibility index (Phi) is 4.50. The van der Waals surface area contributed by atoms with E-state index in [1.54, 1.807) is 6.92 Å². The highest BCUT2D eigenvalue weighted by Crippen LogP contribution is 2.28. The number of piperidine rings is 1. The summed E-state index contributed by atoms with van der Waals surface area (Å²) in [5, 5.41) is 13.6. The standard InChI is InChI=1S/C14H23N5O2/c1-10-17-18-14(21-10)16-13(20)9-19(12-2-3-12)8-11-4-6-15-7-5-11/h11-12,15H,2-9H2,1H3,(H,16,18,20). The Morgan fingerprint density at radius 3 is 2.71 bits per heavy atom. The molecule has 2 aliphatic rings. The topological polar surface area (TPSA) is 83.3 Å². The zero-order chi connectivity index (χ0) is 14.7. The Morgan fingerprint density at radius 2 is 2.10 bits per heavy atom. The molecule has 0 spiro atoms. The van der Waals surface area contributed by atoms with Gasteiger partial charge in [-0.15, -0.1) is 5.10 Å². The second-order valence-electron chi connectivity index (χ2n) is 6.03. The molecule has 0 aromatic carbocycles. The third kappa shape index (κ3) is 4.25. The number of aromatic nitrogens is 2. The summed E-state index contributed by atoms with van der Waals surface area (Å²) in [4.78, 5) is 14.4. The van der Waals surface area contributed by atoms with Gasteiger partial charge in [-0.1, -0.05) is 5.10 Å². The minimum atomic E-state index is -0.0699. The van der Waals surface area contributed by atoms with Crippen molar-refractivity contribution in [2.24, 2.45) is 5.92 Å². The monoisotopic (exact) mass is 293 g/mol. The van der Waals surface area contributed by atoms with Crippen LogP contribution in [0.25, 0.3) is 0 Å². The largest absolute Gasteiger partial charge is 0.408 e. The lowest BCUT2D eigenvalue weighted by atomic mass is 9.97. The van der Waals surface area contributed by atoms with Crippen LogP contribution in [0, 0.1) is 12.8 Å². The molecular weight excluding hydrogens is 270 g/mol. The maximum atomic E-state index is 12.1. The van der Waals surface area contributed by atoms with Crippen molar-refractivity contribution in [3.63, 3.8) is 0 Å². The van der Waals surface area contributed by atoms with Gasteiger partial charge in [0.2, 0.25) is 11.8 Å². The van der Waals surface area contributed by atoms with E-state index in [0.29, 0.717) is 24.4 Å². The van der Waals surface area contributed by atoms with E-state index in [2.05, 4.69) is 25.7 Å². The van der Waals surface area contributed by atoms with Gasteiger partial charge in [-0.25, -0.2) is 0 Å². The Morgan fingerprint density at radius 1 is 1.33 bits per heavy atom. The lowest BCUT2D eigenvalue weighted by Gasteiger charge is -2.29. The summed E-state index contributed by atoms with van der Waals surface area (Å²) in [6.07, 6.45) is 4.82. The molecule has 2 N–H and O–H groups in total.